The van der Waals surface area contributed by atoms with Crippen molar-refractivity contribution in [3.63, 3.8) is 0 Å². The third-order valence-corrected chi connectivity index (χ3v) is 3.60. The molecule has 0 fully saturated rings. The summed E-state index contributed by atoms with van der Waals surface area (Å²) < 4.78 is 51.0. The molecule has 5 nitrogen and oxygen atoms in total. The Morgan fingerprint density at radius 1 is 1.32 bits per heavy atom. The van der Waals surface area contributed by atoms with Crippen molar-refractivity contribution in [3.05, 3.63) is 41.7 Å². The molecule has 19 heavy (non-hydrogen) atoms. The van der Waals surface area contributed by atoms with Gasteiger partial charge in [0.05, 0.1) is 6.20 Å². The maximum atomic E-state index is 13.8. The Morgan fingerprint density at radius 3 is 2.32 bits per heavy atom. The van der Waals surface area contributed by atoms with Gasteiger partial charge < -0.3 is 5.73 Å². The van der Waals surface area contributed by atoms with Gasteiger partial charge in [0.1, 0.15) is 10.6 Å². The van der Waals surface area contributed by atoms with E-state index in [4.69, 9.17) is 5.73 Å². The summed E-state index contributed by atoms with van der Waals surface area (Å²) in [4.78, 5) is -0.116. The molecule has 0 saturated heterocycles. The van der Waals surface area contributed by atoms with E-state index in [1.165, 1.54) is 0 Å². The number of hydrogen-bond acceptors (Lipinski definition) is 4. The average Bonchev–Trinajstić information content (AvgIpc) is 2.76. The fraction of sp³-hybridized carbons (Fsp3) is 0.182. The third-order valence-electron chi connectivity index (χ3n) is 2.53. The highest BCUT2D eigenvalue weighted by molar-refractivity contribution is 7.90. The van der Waals surface area contributed by atoms with Gasteiger partial charge in [0.15, 0.2) is 21.5 Å². The fourth-order valence-corrected chi connectivity index (χ4v) is 2.10. The normalized spacial score (nSPS) is 11.8. The molecular weight excluding hydrogens is 276 g/mol. The van der Waals surface area contributed by atoms with Gasteiger partial charge in [-0.3, -0.25) is 0 Å². The molecule has 0 aliphatic heterocycles. The summed E-state index contributed by atoms with van der Waals surface area (Å²) in [7, 11) is -3.48. The first-order chi connectivity index (χ1) is 8.82. The minimum Gasteiger partial charge on any atom is -0.326 e. The molecule has 2 rings (SSSR count). The van der Waals surface area contributed by atoms with Crippen molar-refractivity contribution in [1.29, 1.82) is 0 Å². The molecule has 2 N–H and O–H groups in total. The highest BCUT2D eigenvalue weighted by Gasteiger charge is 2.17. The standard InChI is InChI=1S/C11H11F2N3O2S/c1-19(17,18)8-5-15-16(6-8)11-9(12)2-7(4-14)3-10(11)13/h2-3,5-6H,4,14H2,1H3. The number of nitrogens with zero attached hydrogens (tertiary/aromatic N) is 2. The summed E-state index contributed by atoms with van der Waals surface area (Å²) in [6, 6.07) is 2.17. The molecule has 0 saturated carbocycles. The Labute approximate surface area is 108 Å². The number of rotatable bonds is 3. The highest BCUT2D eigenvalue weighted by atomic mass is 32.2. The molecule has 0 amide bonds. The van der Waals surface area contributed by atoms with Crippen LogP contribution < -0.4 is 5.73 Å². The van der Waals surface area contributed by atoms with Crippen LogP contribution in [0.5, 0.6) is 0 Å². The molecule has 0 bridgehead atoms. The topological polar surface area (TPSA) is 78.0 Å². The van der Waals surface area contributed by atoms with Gasteiger partial charge in [-0.2, -0.15) is 5.10 Å². The van der Waals surface area contributed by atoms with E-state index in [0.717, 1.165) is 35.5 Å². The second kappa shape index (κ2) is 4.71. The van der Waals surface area contributed by atoms with Crippen LogP contribution in [0.15, 0.2) is 29.4 Å². The van der Waals surface area contributed by atoms with Crippen LogP contribution in [0.1, 0.15) is 5.56 Å². The van der Waals surface area contributed by atoms with Gasteiger partial charge in [-0.1, -0.05) is 0 Å². The number of hydrogen-bond donors (Lipinski definition) is 1. The summed E-state index contributed by atoms with van der Waals surface area (Å²) in [5.41, 5.74) is 5.16. The number of sulfone groups is 1. The molecule has 0 aliphatic carbocycles. The van der Waals surface area contributed by atoms with Gasteiger partial charge in [0.2, 0.25) is 0 Å². The van der Waals surface area contributed by atoms with E-state index in [9.17, 15) is 17.2 Å². The Balaban J connectivity index is 2.57. The van der Waals surface area contributed by atoms with E-state index in [1.807, 2.05) is 0 Å². The summed E-state index contributed by atoms with van der Waals surface area (Å²) in [6.45, 7) is 0.00180. The molecule has 1 heterocycles. The molecule has 1 aromatic carbocycles. The van der Waals surface area contributed by atoms with Crippen LogP contribution in [0.25, 0.3) is 5.69 Å². The lowest BCUT2D eigenvalue weighted by molar-refractivity contribution is 0.556. The van der Waals surface area contributed by atoms with Crippen LogP contribution in [0.4, 0.5) is 8.78 Å². The van der Waals surface area contributed by atoms with Crippen molar-refractivity contribution in [2.75, 3.05) is 6.26 Å². The molecule has 8 heteroatoms. The maximum absolute atomic E-state index is 13.8. The van der Waals surface area contributed by atoms with E-state index >= 15 is 0 Å². The quantitative estimate of drug-likeness (QED) is 0.914. The maximum Gasteiger partial charge on any atom is 0.178 e. The summed E-state index contributed by atoms with van der Waals surface area (Å²) in [5.74, 6) is -1.72. The lowest BCUT2D eigenvalue weighted by atomic mass is 10.2. The minimum absolute atomic E-state index is 0.00180. The lowest BCUT2D eigenvalue weighted by Gasteiger charge is -2.06. The molecule has 0 aliphatic rings. The van der Waals surface area contributed by atoms with Crippen molar-refractivity contribution < 1.29 is 17.2 Å². The Hall–Kier alpha value is -1.80. The zero-order chi connectivity index (χ0) is 14.2. The van der Waals surface area contributed by atoms with Gasteiger partial charge in [-0.25, -0.2) is 21.9 Å². The Bertz CT molecular complexity index is 702. The first-order valence-electron chi connectivity index (χ1n) is 5.26. The van der Waals surface area contributed by atoms with Crippen molar-refractivity contribution in [2.45, 2.75) is 11.4 Å². The first kappa shape index (κ1) is 13.6. The fourth-order valence-electron chi connectivity index (χ4n) is 1.57. The number of benzene rings is 1. The molecule has 0 radical (unpaired) electrons. The van der Waals surface area contributed by atoms with E-state index in [2.05, 4.69) is 5.10 Å². The lowest BCUT2D eigenvalue weighted by Crippen LogP contribution is -2.05. The molecular formula is C11H11F2N3O2S. The van der Waals surface area contributed by atoms with E-state index in [-0.39, 0.29) is 11.4 Å². The Morgan fingerprint density at radius 2 is 1.89 bits per heavy atom. The van der Waals surface area contributed by atoms with E-state index in [0.29, 0.717) is 5.56 Å². The third kappa shape index (κ3) is 2.64. The second-order valence-electron chi connectivity index (χ2n) is 4.00. The van der Waals surface area contributed by atoms with Crippen LogP contribution >= 0.6 is 0 Å². The average molecular weight is 287 g/mol. The molecule has 2 aromatic rings. The highest BCUT2D eigenvalue weighted by Crippen LogP contribution is 2.20. The van der Waals surface area contributed by atoms with E-state index < -0.39 is 27.2 Å². The van der Waals surface area contributed by atoms with Crippen molar-refractivity contribution in [3.8, 4) is 5.69 Å². The van der Waals surface area contributed by atoms with Crippen LogP contribution in [0.3, 0.4) is 0 Å². The SMILES string of the molecule is CS(=O)(=O)c1cnn(-c2c(F)cc(CN)cc2F)c1. The van der Waals surface area contributed by atoms with Crippen LogP contribution in [0, 0.1) is 11.6 Å². The monoisotopic (exact) mass is 287 g/mol. The Kier molecular flexibility index (Phi) is 3.38. The second-order valence-corrected chi connectivity index (χ2v) is 6.02. The molecule has 0 atom stereocenters. The van der Waals surface area contributed by atoms with Gasteiger partial charge in [0.25, 0.3) is 0 Å². The van der Waals surface area contributed by atoms with Gasteiger partial charge in [0, 0.05) is 19.0 Å². The first-order valence-corrected chi connectivity index (χ1v) is 7.15. The zero-order valence-corrected chi connectivity index (χ0v) is 10.8. The predicted octanol–water partition coefficient (Wildman–Crippen LogP) is 1.01. The largest absolute Gasteiger partial charge is 0.326 e. The zero-order valence-electron chi connectivity index (χ0n) is 9.97. The summed E-state index contributed by atoms with van der Waals surface area (Å²) in [5, 5.41) is 3.66. The molecule has 0 unspecified atom stereocenters. The van der Waals surface area contributed by atoms with Crippen molar-refractivity contribution in [2.24, 2.45) is 5.73 Å². The smallest absolute Gasteiger partial charge is 0.178 e. The van der Waals surface area contributed by atoms with Crippen LogP contribution in [0.2, 0.25) is 0 Å². The number of nitrogens with two attached hydrogens (primary N) is 1. The van der Waals surface area contributed by atoms with Crippen LogP contribution in [-0.2, 0) is 16.4 Å². The molecule has 1 aromatic heterocycles. The van der Waals surface area contributed by atoms with Gasteiger partial charge in [-0.15, -0.1) is 0 Å². The molecule has 0 spiro atoms. The van der Waals surface area contributed by atoms with E-state index in [1.54, 1.807) is 0 Å². The van der Waals surface area contributed by atoms with Gasteiger partial charge >= 0.3 is 0 Å². The summed E-state index contributed by atoms with van der Waals surface area (Å²) >= 11 is 0. The number of aromatic nitrogens is 2. The van der Waals surface area contributed by atoms with Gasteiger partial charge in [-0.05, 0) is 17.7 Å². The summed E-state index contributed by atoms with van der Waals surface area (Å²) in [6.07, 6.45) is 3.07. The van der Waals surface area contributed by atoms with Crippen molar-refractivity contribution in [1.82, 2.24) is 9.78 Å². The van der Waals surface area contributed by atoms with Crippen LogP contribution in [-0.4, -0.2) is 24.5 Å². The van der Waals surface area contributed by atoms with Crippen molar-refractivity contribution >= 4 is 9.84 Å². The minimum atomic E-state index is -3.48. The number of halogens is 2. The molecule has 102 valence electrons. The predicted molar refractivity (Wildman–Crippen MR) is 64.5 cm³/mol.